The minimum Gasteiger partial charge on any atom is -0.493 e. The molecule has 0 aromatic heterocycles. The molecule has 0 aliphatic heterocycles. The van der Waals surface area contributed by atoms with E-state index in [-0.39, 0.29) is 0 Å². The predicted molar refractivity (Wildman–Crippen MR) is 81.8 cm³/mol. The summed E-state index contributed by atoms with van der Waals surface area (Å²) < 4.78 is 10.8. The Morgan fingerprint density at radius 1 is 1.10 bits per heavy atom. The van der Waals surface area contributed by atoms with Crippen molar-refractivity contribution in [3.05, 3.63) is 54.1 Å². The van der Waals surface area contributed by atoms with Crippen molar-refractivity contribution in [1.29, 1.82) is 0 Å². The molecule has 0 saturated carbocycles. The molecular formula is C16H18N2O2. The van der Waals surface area contributed by atoms with Gasteiger partial charge in [0.15, 0.2) is 11.5 Å². The van der Waals surface area contributed by atoms with Crippen LogP contribution in [0.1, 0.15) is 12.5 Å². The van der Waals surface area contributed by atoms with E-state index in [1.54, 1.807) is 13.3 Å². The third-order valence-corrected chi connectivity index (χ3v) is 2.67. The molecular weight excluding hydrogens is 252 g/mol. The van der Waals surface area contributed by atoms with Gasteiger partial charge in [0.1, 0.15) is 0 Å². The highest BCUT2D eigenvalue weighted by molar-refractivity contribution is 5.81. The van der Waals surface area contributed by atoms with Gasteiger partial charge in [0.05, 0.1) is 25.6 Å². The molecule has 0 aliphatic carbocycles. The summed E-state index contributed by atoms with van der Waals surface area (Å²) in [6.45, 7) is 2.55. The smallest absolute Gasteiger partial charge is 0.161 e. The van der Waals surface area contributed by atoms with Gasteiger partial charge in [-0.25, -0.2) is 0 Å². The van der Waals surface area contributed by atoms with Crippen molar-refractivity contribution in [1.82, 2.24) is 0 Å². The van der Waals surface area contributed by atoms with Crippen molar-refractivity contribution in [3.63, 3.8) is 0 Å². The van der Waals surface area contributed by atoms with Crippen LogP contribution in [-0.2, 0) is 0 Å². The molecule has 0 bridgehead atoms. The van der Waals surface area contributed by atoms with Gasteiger partial charge in [-0.3, -0.25) is 5.43 Å². The number of hydrogen-bond donors (Lipinski definition) is 1. The number of anilines is 1. The van der Waals surface area contributed by atoms with Crippen molar-refractivity contribution in [2.75, 3.05) is 19.1 Å². The van der Waals surface area contributed by atoms with Crippen molar-refractivity contribution in [3.8, 4) is 11.5 Å². The number of ether oxygens (including phenoxy) is 2. The van der Waals surface area contributed by atoms with Gasteiger partial charge < -0.3 is 9.47 Å². The fourth-order valence-electron chi connectivity index (χ4n) is 1.73. The van der Waals surface area contributed by atoms with E-state index in [1.165, 1.54) is 0 Å². The number of hydrogen-bond acceptors (Lipinski definition) is 4. The van der Waals surface area contributed by atoms with E-state index in [0.29, 0.717) is 12.4 Å². The van der Waals surface area contributed by atoms with Crippen LogP contribution in [0.4, 0.5) is 5.69 Å². The molecule has 0 atom stereocenters. The van der Waals surface area contributed by atoms with Crippen LogP contribution in [0.25, 0.3) is 0 Å². The average molecular weight is 270 g/mol. The second-order valence-corrected chi connectivity index (χ2v) is 4.08. The maximum absolute atomic E-state index is 5.47. The summed E-state index contributed by atoms with van der Waals surface area (Å²) in [6.07, 6.45) is 1.74. The lowest BCUT2D eigenvalue weighted by atomic mass is 10.2. The first-order chi connectivity index (χ1) is 9.83. The Labute approximate surface area is 119 Å². The molecule has 20 heavy (non-hydrogen) atoms. The Morgan fingerprint density at radius 3 is 2.60 bits per heavy atom. The zero-order valence-electron chi connectivity index (χ0n) is 11.7. The molecule has 0 unspecified atom stereocenters. The molecule has 0 saturated heterocycles. The number of methoxy groups -OCH3 is 1. The lowest BCUT2D eigenvalue weighted by molar-refractivity contribution is 0.311. The fourth-order valence-corrected chi connectivity index (χ4v) is 1.73. The molecule has 0 heterocycles. The minimum absolute atomic E-state index is 0.610. The Kier molecular flexibility index (Phi) is 5.00. The molecule has 0 fully saturated rings. The third kappa shape index (κ3) is 3.75. The summed E-state index contributed by atoms with van der Waals surface area (Å²) in [5.41, 5.74) is 4.85. The SMILES string of the molecule is CCOc1ccc(C=NNc2ccccc2)cc1OC. The number of nitrogens with zero attached hydrogens (tertiary/aromatic N) is 1. The zero-order chi connectivity index (χ0) is 14.2. The lowest BCUT2D eigenvalue weighted by Crippen LogP contribution is -1.96. The number of rotatable bonds is 6. The van der Waals surface area contributed by atoms with Crippen LogP contribution >= 0.6 is 0 Å². The van der Waals surface area contributed by atoms with E-state index in [4.69, 9.17) is 9.47 Å². The van der Waals surface area contributed by atoms with Crippen LogP contribution in [-0.4, -0.2) is 19.9 Å². The van der Waals surface area contributed by atoms with Crippen LogP contribution in [0.15, 0.2) is 53.6 Å². The van der Waals surface area contributed by atoms with Crippen LogP contribution in [0.5, 0.6) is 11.5 Å². The summed E-state index contributed by atoms with van der Waals surface area (Å²) in [4.78, 5) is 0. The molecule has 1 N–H and O–H groups in total. The molecule has 104 valence electrons. The number of para-hydroxylation sites is 1. The van der Waals surface area contributed by atoms with E-state index in [2.05, 4.69) is 10.5 Å². The van der Waals surface area contributed by atoms with Gasteiger partial charge in [0, 0.05) is 0 Å². The Morgan fingerprint density at radius 2 is 1.90 bits per heavy atom. The summed E-state index contributed by atoms with van der Waals surface area (Å²) in [5.74, 6) is 1.44. The molecule has 0 amide bonds. The molecule has 0 radical (unpaired) electrons. The van der Waals surface area contributed by atoms with Crippen molar-refractivity contribution >= 4 is 11.9 Å². The lowest BCUT2D eigenvalue weighted by Gasteiger charge is -2.09. The molecule has 4 nitrogen and oxygen atoms in total. The maximum Gasteiger partial charge on any atom is 0.161 e. The normalized spacial score (nSPS) is 10.5. The van der Waals surface area contributed by atoms with Gasteiger partial charge in [-0.15, -0.1) is 0 Å². The molecule has 0 aliphatic rings. The second kappa shape index (κ2) is 7.19. The predicted octanol–water partition coefficient (Wildman–Crippen LogP) is 3.54. The van der Waals surface area contributed by atoms with E-state index in [9.17, 15) is 0 Å². The first kappa shape index (κ1) is 13.9. The van der Waals surface area contributed by atoms with E-state index in [0.717, 1.165) is 17.0 Å². The summed E-state index contributed by atoms with van der Waals surface area (Å²) >= 11 is 0. The summed E-state index contributed by atoms with van der Waals surface area (Å²) in [7, 11) is 1.63. The van der Waals surface area contributed by atoms with Gasteiger partial charge in [-0.2, -0.15) is 5.10 Å². The Bertz CT molecular complexity index is 568. The third-order valence-electron chi connectivity index (χ3n) is 2.67. The van der Waals surface area contributed by atoms with Crippen molar-refractivity contribution in [2.45, 2.75) is 6.92 Å². The highest BCUT2D eigenvalue weighted by atomic mass is 16.5. The van der Waals surface area contributed by atoms with Crippen LogP contribution in [0.3, 0.4) is 0 Å². The van der Waals surface area contributed by atoms with Gasteiger partial charge in [-0.05, 0) is 42.8 Å². The van der Waals surface area contributed by atoms with Crippen LogP contribution < -0.4 is 14.9 Å². The zero-order valence-corrected chi connectivity index (χ0v) is 11.7. The summed E-state index contributed by atoms with van der Waals surface area (Å²) in [5, 5.41) is 4.19. The molecule has 4 heteroatoms. The van der Waals surface area contributed by atoms with Gasteiger partial charge in [-0.1, -0.05) is 18.2 Å². The van der Waals surface area contributed by atoms with Gasteiger partial charge in [0.2, 0.25) is 0 Å². The number of benzene rings is 2. The Hall–Kier alpha value is -2.49. The monoisotopic (exact) mass is 270 g/mol. The topological polar surface area (TPSA) is 42.8 Å². The number of hydrazone groups is 1. The second-order valence-electron chi connectivity index (χ2n) is 4.08. The van der Waals surface area contributed by atoms with E-state index < -0.39 is 0 Å². The highest BCUT2D eigenvalue weighted by Crippen LogP contribution is 2.27. The standard InChI is InChI=1S/C16H18N2O2/c1-3-20-15-10-9-13(11-16(15)19-2)12-17-18-14-7-5-4-6-8-14/h4-12,18H,3H2,1-2H3. The van der Waals surface area contributed by atoms with Crippen molar-refractivity contribution in [2.24, 2.45) is 5.10 Å². The van der Waals surface area contributed by atoms with Crippen molar-refractivity contribution < 1.29 is 9.47 Å². The minimum atomic E-state index is 0.610. The molecule has 2 aromatic rings. The fraction of sp³-hybridized carbons (Fsp3) is 0.188. The van der Waals surface area contributed by atoms with E-state index in [1.807, 2.05) is 55.5 Å². The highest BCUT2D eigenvalue weighted by Gasteiger charge is 2.03. The van der Waals surface area contributed by atoms with Crippen LogP contribution in [0.2, 0.25) is 0 Å². The quantitative estimate of drug-likeness (QED) is 0.645. The van der Waals surface area contributed by atoms with Gasteiger partial charge in [0.25, 0.3) is 0 Å². The largest absolute Gasteiger partial charge is 0.493 e. The van der Waals surface area contributed by atoms with Gasteiger partial charge >= 0.3 is 0 Å². The first-order valence-corrected chi connectivity index (χ1v) is 6.48. The number of nitrogens with one attached hydrogen (secondary N) is 1. The molecule has 2 aromatic carbocycles. The van der Waals surface area contributed by atoms with E-state index >= 15 is 0 Å². The Balaban J connectivity index is 2.06. The maximum atomic E-state index is 5.47. The molecule has 0 spiro atoms. The summed E-state index contributed by atoms with van der Waals surface area (Å²) in [6, 6.07) is 15.5. The molecule has 2 rings (SSSR count). The first-order valence-electron chi connectivity index (χ1n) is 6.48. The average Bonchev–Trinajstić information content (AvgIpc) is 2.50. The van der Waals surface area contributed by atoms with Crippen LogP contribution in [0, 0.1) is 0 Å².